The van der Waals surface area contributed by atoms with Gasteiger partial charge in [0, 0.05) is 0 Å². The van der Waals surface area contributed by atoms with Gasteiger partial charge in [0.15, 0.2) is 10.3 Å². The van der Waals surface area contributed by atoms with Gasteiger partial charge in [-0.15, -0.1) is 0 Å². The Kier molecular flexibility index (Phi) is 2.80. The van der Waals surface area contributed by atoms with Crippen molar-refractivity contribution in [2.75, 3.05) is 12.8 Å². The summed E-state index contributed by atoms with van der Waals surface area (Å²) in [4.78, 5) is 22.3. The fourth-order valence-corrected chi connectivity index (χ4v) is 1.85. The average Bonchev–Trinajstić information content (AvgIpc) is 2.70. The molecule has 2 heterocycles. The summed E-state index contributed by atoms with van der Waals surface area (Å²) < 4.78 is 6.57. The zero-order valence-corrected chi connectivity index (χ0v) is 10.1. The molecule has 0 aliphatic rings. The van der Waals surface area contributed by atoms with Crippen LogP contribution in [0.25, 0.3) is 11.2 Å². The number of H-pyrrole nitrogens is 1. The minimum atomic E-state index is -0.523. The molecule has 0 radical (unpaired) electrons. The number of hydrogen-bond donors (Lipinski definition) is 2. The van der Waals surface area contributed by atoms with Crippen molar-refractivity contribution in [3.63, 3.8) is 0 Å². The van der Waals surface area contributed by atoms with E-state index in [-0.39, 0.29) is 11.9 Å². The molecule has 90 valence electrons. The maximum Gasteiger partial charge on any atom is 0.328 e. The molecule has 2 rings (SSSR count). The number of ether oxygens (including phenoxy) is 1. The Morgan fingerprint density at radius 2 is 2.41 bits per heavy atom. The highest BCUT2D eigenvalue weighted by atomic mass is 32.1. The first kappa shape index (κ1) is 11.5. The van der Waals surface area contributed by atoms with E-state index in [0.717, 1.165) is 0 Å². The van der Waals surface area contributed by atoms with Gasteiger partial charge in [0.25, 0.3) is 0 Å². The van der Waals surface area contributed by atoms with Gasteiger partial charge in [0.1, 0.15) is 11.6 Å². The van der Waals surface area contributed by atoms with E-state index in [1.54, 1.807) is 11.5 Å². The number of nitrogens with zero attached hydrogens (tertiary/aromatic N) is 3. The van der Waals surface area contributed by atoms with E-state index in [0.29, 0.717) is 15.8 Å². The highest BCUT2D eigenvalue weighted by Crippen LogP contribution is 2.18. The molecule has 0 saturated heterocycles. The zero-order valence-electron chi connectivity index (χ0n) is 9.30. The number of aromatic amines is 1. The van der Waals surface area contributed by atoms with E-state index in [4.69, 9.17) is 18.0 Å². The Bertz CT molecular complexity index is 632. The van der Waals surface area contributed by atoms with Gasteiger partial charge in [-0.05, 0) is 6.92 Å². The third-order valence-corrected chi connectivity index (χ3v) is 2.71. The Balaban J connectivity index is 2.64. The van der Waals surface area contributed by atoms with Crippen LogP contribution in [0.1, 0.15) is 13.0 Å². The van der Waals surface area contributed by atoms with Crippen LogP contribution in [0, 0.1) is 4.64 Å². The smallest absolute Gasteiger partial charge is 0.328 e. The van der Waals surface area contributed by atoms with Crippen LogP contribution in [0.15, 0.2) is 6.33 Å². The number of carbonyl (C=O) groups is 1. The van der Waals surface area contributed by atoms with Crippen LogP contribution in [-0.2, 0) is 9.53 Å². The molecule has 2 aromatic heterocycles. The molecule has 1 unspecified atom stereocenters. The molecule has 3 N–H and O–H groups in total. The van der Waals surface area contributed by atoms with E-state index >= 15 is 0 Å². The van der Waals surface area contributed by atoms with Crippen LogP contribution in [0.2, 0.25) is 0 Å². The van der Waals surface area contributed by atoms with Crippen LogP contribution in [-0.4, -0.2) is 32.6 Å². The number of nitrogens with one attached hydrogen (secondary N) is 1. The van der Waals surface area contributed by atoms with Gasteiger partial charge >= 0.3 is 5.97 Å². The number of fused-ring (bicyclic) bond motifs is 1. The Morgan fingerprint density at radius 1 is 1.71 bits per heavy atom. The number of esters is 1. The van der Waals surface area contributed by atoms with Crippen molar-refractivity contribution in [3.8, 4) is 0 Å². The summed E-state index contributed by atoms with van der Waals surface area (Å²) in [5.41, 5.74) is 6.58. The van der Waals surface area contributed by atoms with Crippen molar-refractivity contribution in [1.29, 1.82) is 0 Å². The Morgan fingerprint density at radius 3 is 3.06 bits per heavy atom. The largest absolute Gasteiger partial charge is 0.467 e. The molecule has 0 fully saturated rings. The first-order valence-corrected chi connectivity index (χ1v) is 5.25. The molecule has 0 spiro atoms. The number of carbonyl (C=O) groups excluding carboxylic acids is 1. The molecule has 0 saturated carbocycles. The number of anilines is 1. The van der Waals surface area contributed by atoms with Gasteiger partial charge < -0.3 is 20.0 Å². The van der Waals surface area contributed by atoms with Gasteiger partial charge in [-0.25, -0.2) is 14.8 Å². The monoisotopic (exact) mass is 253 g/mol. The topological polar surface area (TPSA) is 98.8 Å². The number of rotatable bonds is 2. The fourth-order valence-electron chi connectivity index (χ4n) is 1.55. The van der Waals surface area contributed by atoms with Crippen LogP contribution < -0.4 is 5.73 Å². The highest BCUT2D eigenvalue weighted by molar-refractivity contribution is 7.71. The maximum absolute atomic E-state index is 11.5. The van der Waals surface area contributed by atoms with Gasteiger partial charge in [-0.3, -0.25) is 0 Å². The molecule has 0 aliphatic heterocycles. The molecule has 7 nitrogen and oxygen atoms in total. The first-order valence-electron chi connectivity index (χ1n) is 4.84. The molecule has 2 aromatic rings. The van der Waals surface area contributed by atoms with Gasteiger partial charge in [0.2, 0.25) is 5.95 Å². The summed E-state index contributed by atoms with van der Waals surface area (Å²) in [6, 6.07) is -0.523. The second-order valence-corrected chi connectivity index (χ2v) is 3.86. The van der Waals surface area contributed by atoms with E-state index in [9.17, 15) is 4.79 Å². The summed E-state index contributed by atoms with van der Waals surface area (Å²) in [6.45, 7) is 1.69. The van der Waals surface area contributed by atoms with Gasteiger partial charge in [-0.1, -0.05) is 12.2 Å². The fraction of sp³-hybridized carbons (Fsp3) is 0.333. The molecular formula is C9H11N5O2S. The van der Waals surface area contributed by atoms with E-state index < -0.39 is 6.04 Å². The Labute approximate surface area is 102 Å². The van der Waals surface area contributed by atoms with Crippen molar-refractivity contribution in [1.82, 2.24) is 19.5 Å². The lowest BCUT2D eigenvalue weighted by atomic mass is 10.3. The van der Waals surface area contributed by atoms with Crippen molar-refractivity contribution < 1.29 is 9.53 Å². The van der Waals surface area contributed by atoms with Crippen LogP contribution in [0.4, 0.5) is 5.95 Å². The molecule has 1 atom stereocenters. The third kappa shape index (κ3) is 1.86. The van der Waals surface area contributed by atoms with Crippen LogP contribution >= 0.6 is 12.2 Å². The summed E-state index contributed by atoms with van der Waals surface area (Å²) >= 11 is 5.10. The molecular weight excluding hydrogens is 242 g/mol. The third-order valence-electron chi connectivity index (χ3n) is 2.42. The SMILES string of the molecule is COC(=O)C(C)n1cnc2[nH]c(N)nc(=S)c21. The second kappa shape index (κ2) is 4.13. The molecule has 17 heavy (non-hydrogen) atoms. The lowest BCUT2D eigenvalue weighted by Gasteiger charge is -2.11. The molecule has 0 amide bonds. The minimum absolute atomic E-state index is 0.193. The number of aromatic nitrogens is 4. The molecule has 0 aliphatic carbocycles. The van der Waals surface area contributed by atoms with Gasteiger partial charge in [-0.2, -0.15) is 0 Å². The number of nitrogens with two attached hydrogens (primary N) is 1. The standard InChI is InChI=1S/C9H11N5O2S/c1-4(8(15)16-2)14-3-11-6-5(14)7(17)13-9(10)12-6/h3-4H,1-2H3,(H3,10,12,13,17). The predicted octanol–water partition coefficient (Wildman–Crippen LogP) is 0.805. The maximum atomic E-state index is 11.5. The second-order valence-electron chi connectivity index (χ2n) is 3.48. The van der Waals surface area contributed by atoms with E-state index in [2.05, 4.69) is 19.7 Å². The summed E-state index contributed by atoms with van der Waals surface area (Å²) in [5.74, 6) is -0.186. The van der Waals surface area contributed by atoms with Crippen LogP contribution in [0.5, 0.6) is 0 Å². The molecule has 0 aromatic carbocycles. The molecule has 0 bridgehead atoms. The minimum Gasteiger partial charge on any atom is -0.467 e. The van der Waals surface area contributed by atoms with Crippen molar-refractivity contribution in [2.24, 2.45) is 0 Å². The normalized spacial score (nSPS) is 12.6. The van der Waals surface area contributed by atoms with Crippen molar-refractivity contribution >= 4 is 35.3 Å². The number of nitrogen functional groups attached to an aromatic ring is 1. The van der Waals surface area contributed by atoms with Crippen LogP contribution in [0.3, 0.4) is 0 Å². The number of imidazole rings is 1. The first-order chi connectivity index (χ1) is 8.04. The lowest BCUT2D eigenvalue weighted by molar-refractivity contribution is -0.143. The van der Waals surface area contributed by atoms with Crippen molar-refractivity contribution in [2.45, 2.75) is 13.0 Å². The summed E-state index contributed by atoms with van der Waals surface area (Å²) in [6.07, 6.45) is 1.50. The lowest BCUT2D eigenvalue weighted by Crippen LogP contribution is -2.17. The number of methoxy groups -OCH3 is 1. The zero-order chi connectivity index (χ0) is 12.6. The number of hydrogen-bond acceptors (Lipinski definition) is 6. The quantitative estimate of drug-likeness (QED) is 0.607. The van der Waals surface area contributed by atoms with Gasteiger partial charge in [0.05, 0.1) is 13.4 Å². The Hall–Kier alpha value is -1.96. The van der Waals surface area contributed by atoms with Crippen molar-refractivity contribution in [3.05, 3.63) is 11.0 Å². The summed E-state index contributed by atoms with van der Waals surface area (Å²) in [7, 11) is 1.33. The average molecular weight is 253 g/mol. The van der Waals surface area contributed by atoms with E-state index in [1.165, 1.54) is 13.4 Å². The predicted molar refractivity (Wildman–Crippen MR) is 63.9 cm³/mol. The highest BCUT2D eigenvalue weighted by Gasteiger charge is 2.19. The summed E-state index contributed by atoms with van der Waals surface area (Å²) in [5, 5.41) is 0. The molecule has 8 heteroatoms. The van der Waals surface area contributed by atoms with E-state index in [1.807, 2.05) is 0 Å².